The van der Waals surface area contributed by atoms with Crippen molar-refractivity contribution in [3.63, 3.8) is 0 Å². The van der Waals surface area contributed by atoms with Gasteiger partial charge in [0.05, 0.1) is 5.75 Å². The van der Waals surface area contributed by atoms with Crippen LogP contribution in [0, 0.1) is 0 Å². The van der Waals surface area contributed by atoms with Gasteiger partial charge in [0.25, 0.3) is 0 Å². The number of ketones is 1. The van der Waals surface area contributed by atoms with Crippen molar-refractivity contribution in [1.29, 1.82) is 0 Å². The summed E-state index contributed by atoms with van der Waals surface area (Å²) in [6.45, 7) is 5.58. The molecule has 0 N–H and O–H groups in total. The van der Waals surface area contributed by atoms with E-state index in [1.165, 1.54) is 11.8 Å². The van der Waals surface area contributed by atoms with E-state index in [-0.39, 0.29) is 5.78 Å². The molecule has 0 radical (unpaired) electrons. The lowest BCUT2D eigenvalue weighted by atomic mass is 10.1. The van der Waals surface area contributed by atoms with E-state index in [1.54, 1.807) is 6.92 Å². The Balaban J connectivity index is 4.46. The van der Waals surface area contributed by atoms with Crippen molar-refractivity contribution in [3.05, 3.63) is 10.5 Å². The predicted molar refractivity (Wildman–Crippen MR) is 56.8 cm³/mol. The molecule has 0 aromatic carbocycles. The van der Waals surface area contributed by atoms with Crippen LogP contribution in [0.5, 0.6) is 0 Å². The number of thioether (sulfide) groups is 1. The Bertz CT molecular complexity index is 219. The smallest absolute Gasteiger partial charge is 0.166 e. The molecule has 0 spiro atoms. The monoisotopic (exact) mass is 200 g/mol. The normalized spacial score (nSPS) is 12.2. The zero-order valence-corrected chi connectivity index (χ0v) is 9.24. The number of rotatable bonds is 6. The van der Waals surface area contributed by atoms with Gasteiger partial charge in [0.15, 0.2) is 5.78 Å². The van der Waals surface area contributed by atoms with Crippen LogP contribution in [0.15, 0.2) is 10.5 Å². The Hall–Kier alpha value is -0.570. The molecule has 0 aromatic heterocycles. The van der Waals surface area contributed by atoms with Crippen molar-refractivity contribution in [3.8, 4) is 0 Å². The molecule has 3 heteroatoms. The average Bonchev–Trinajstić information content (AvgIpc) is 2.05. The standard InChI is InChI=1S/C10H16O2S/c1-4-5-8(2)10(9(3)12)13-7-6-11/h6H,4-5,7H2,1-3H3/b10-8+. The summed E-state index contributed by atoms with van der Waals surface area (Å²) in [5.41, 5.74) is 1.10. The van der Waals surface area contributed by atoms with E-state index in [1.807, 2.05) is 6.92 Å². The number of allylic oxidation sites excluding steroid dienone is 2. The van der Waals surface area contributed by atoms with Gasteiger partial charge in [-0.15, -0.1) is 11.8 Å². The number of carbonyl (C=O) groups is 2. The lowest BCUT2D eigenvalue weighted by Crippen LogP contribution is -1.98. The third kappa shape index (κ3) is 4.88. The van der Waals surface area contributed by atoms with E-state index in [0.29, 0.717) is 5.75 Å². The Morgan fingerprint density at radius 1 is 1.38 bits per heavy atom. The Kier molecular flexibility index (Phi) is 6.59. The highest BCUT2D eigenvalue weighted by Gasteiger charge is 2.07. The van der Waals surface area contributed by atoms with Gasteiger partial charge in [-0.1, -0.05) is 18.9 Å². The molecule has 0 aliphatic carbocycles. The minimum Gasteiger partial charge on any atom is -0.302 e. The molecule has 0 bridgehead atoms. The van der Waals surface area contributed by atoms with Crippen LogP contribution in [0.2, 0.25) is 0 Å². The van der Waals surface area contributed by atoms with Gasteiger partial charge in [0, 0.05) is 4.91 Å². The highest BCUT2D eigenvalue weighted by Crippen LogP contribution is 2.22. The minimum absolute atomic E-state index is 0.0674. The van der Waals surface area contributed by atoms with Gasteiger partial charge in [0.1, 0.15) is 6.29 Å². The molecule has 0 amide bonds. The van der Waals surface area contributed by atoms with Crippen LogP contribution in [0.4, 0.5) is 0 Å². The van der Waals surface area contributed by atoms with Crippen LogP contribution in [-0.2, 0) is 9.59 Å². The summed E-state index contributed by atoms with van der Waals surface area (Å²) in [7, 11) is 0. The van der Waals surface area contributed by atoms with Crippen LogP contribution in [0.1, 0.15) is 33.6 Å². The van der Waals surface area contributed by atoms with Crippen molar-refractivity contribution in [2.75, 3.05) is 5.75 Å². The summed E-state index contributed by atoms with van der Waals surface area (Å²) in [6.07, 6.45) is 2.79. The molecule has 0 saturated heterocycles. The van der Waals surface area contributed by atoms with Gasteiger partial charge in [-0.05, 0) is 20.3 Å². The van der Waals surface area contributed by atoms with Crippen LogP contribution in [-0.4, -0.2) is 17.8 Å². The SMILES string of the molecule is CCC/C(C)=C(/SCC=O)C(C)=O. The molecular formula is C10H16O2S. The fourth-order valence-corrected chi connectivity index (χ4v) is 1.92. The second kappa shape index (κ2) is 6.89. The largest absolute Gasteiger partial charge is 0.302 e. The van der Waals surface area contributed by atoms with E-state index in [4.69, 9.17) is 0 Å². The van der Waals surface area contributed by atoms with E-state index in [9.17, 15) is 9.59 Å². The highest BCUT2D eigenvalue weighted by molar-refractivity contribution is 8.04. The van der Waals surface area contributed by atoms with Crippen molar-refractivity contribution in [2.45, 2.75) is 33.6 Å². The molecule has 2 nitrogen and oxygen atoms in total. The third-order valence-corrected chi connectivity index (χ3v) is 2.86. The predicted octanol–water partition coefficient (Wildman–Crippen LogP) is 2.58. The molecule has 0 unspecified atom stereocenters. The first-order valence-corrected chi connectivity index (χ1v) is 5.39. The first-order chi connectivity index (χ1) is 6.13. The second-order valence-corrected chi connectivity index (χ2v) is 3.92. The van der Waals surface area contributed by atoms with Gasteiger partial charge >= 0.3 is 0 Å². The maximum Gasteiger partial charge on any atom is 0.166 e. The molecule has 13 heavy (non-hydrogen) atoms. The molecule has 0 heterocycles. The summed E-state index contributed by atoms with van der Waals surface area (Å²) >= 11 is 1.34. The molecule has 0 aromatic rings. The minimum atomic E-state index is 0.0674. The highest BCUT2D eigenvalue weighted by atomic mass is 32.2. The van der Waals surface area contributed by atoms with Crippen molar-refractivity contribution >= 4 is 23.8 Å². The van der Waals surface area contributed by atoms with Gasteiger partial charge in [-0.25, -0.2) is 0 Å². The van der Waals surface area contributed by atoms with E-state index < -0.39 is 0 Å². The lowest BCUT2D eigenvalue weighted by molar-refractivity contribution is -0.113. The first-order valence-electron chi connectivity index (χ1n) is 4.40. The third-order valence-electron chi connectivity index (χ3n) is 1.63. The summed E-state index contributed by atoms with van der Waals surface area (Å²) in [4.78, 5) is 22.1. The molecule has 0 aliphatic heterocycles. The van der Waals surface area contributed by atoms with Gasteiger partial charge < -0.3 is 4.79 Å². The summed E-state index contributed by atoms with van der Waals surface area (Å²) < 4.78 is 0. The molecule has 74 valence electrons. The number of hydrogen-bond donors (Lipinski definition) is 0. The maximum absolute atomic E-state index is 11.2. The summed E-state index contributed by atoms with van der Waals surface area (Å²) in [5, 5.41) is 0. The van der Waals surface area contributed by atoms with Crippen molar-refractivity contribution in [1.82, 2.24) is 0 Å². The van der Waals surface area contributed by atoms with Crippen LogP contribution < -0.4 is 0 Å². The summed E-state index contributed by atoms with van der Waals surface area (Å²) in [6, 6.07) is 0. The molecule has 0 fully saturated rings. The number of aldehydes is 1. The van der Waals surface area contributed by atoms with E-state index >= 15 is 0 Å². The Labute approximate surface area is 83.8 Å². The molecule has 0 saturated carbocycles. The maximum atomic E-state index is 11.2. The van der Waals surface area contributed by atoms with Gasteiger partial charge in [0.2, 0.25) is 0 Å². The zero-order valence-electron chi connectivity index (χ0n) is 8.42. The first kappa shape index (κ1) is 12.4. The van der Waals surface area contributed by atoms with Gasteiger partial charge in [-0.2, -0.15) is 0 Å². The topological polar surface area (TPSA) is 34.1 Å². The Morgan fingerprint density at radius 3 is 2.38 bits per heavy atom. The van der Waals surface area contributed by atoms with Gasteiger partial charge in [-0.3, -0.25) is 4.79 Å². The van der Waals surface area contributed by atoms with E-state index in [2.05, 4.69) is 6.92 Å². The average molecular weight is 200 g/mol. The van der Waals surface area contributed by atoms with Crippen LogP contribution in [0.25, 0.3) is 0 Å². The number of hydrogen-bond acceptors (Lipinski definition) is 3. The quantitative estimate of drug-likeness (QED) is 0.488. The molecule has 0 rings (SSSR count). The molecule has 0 atom stereocenters. The number of Topliss-reactive ketones (excluding diaryl/α,β-unsaturated/α-hetero) is 1. The van der Waals surface area contributed by atoms with Crippen molar-refractivity contribution in [2.24, 2.45) is 0 Å². The summed E-state index contributed by atoms with van der Waals surface area (Å²) in [5.74, 6) is 0.438. The molecule has 0 aliphatic rings. The lowest BCUT2D eigenvalue weighted by Gasteiger charge is -2.05. The second-order valence-electron chi connectivity index (χ2n) is 2.89. The fraction of sp³-hybridized carbons (Fsp3) is 0.600. The zero-order chi connectivity index (χ0) is 10.3. The number of carbonyl (C=O) groups excluding carboxylic acids is 2. The van der Waals surface area contributed by atoms with Crippen LogP contribution >= 0.6 is 11.8 Å². The fourth-order valence-electron chi connectivity index (χ4n) is 1.13. The van der Waals surface area contributed by atoms with Crippen molar-refractivity contribution < 1.29 is 9.59 Å². The van der Waals surface area contributed by atoms with E-state index in [0.717, 1.165) is 29.6 Å². The molecular weight excluding hydrogens is 184 g/mol. The Morgan fingerprint density at radius 2 is 2.00 bits per heavy atom. The van der Waals surface area contributed by atoms with Crippen LogP contribution in [0.3, 0.4) is 0 Å².